The Balaban J connectivity index is 2.70. The van der Waals surface area contributed by atoms with E-state index in [0.29, 0.717) is 12.8 Å². The van der Waals surface area contributed by atoms with Crippen LogP contribution in [0.3, 0.4) is 0 Å². The summed E-state index contributed by atoms with van der Waals surface area (Å²) in [7, 11) is 0. The number of amides is 1. The van der Waals surface area contributed by atoms with E-state index in [2.05, 4.69) is 99.0 Å². The van der Waals surface area contributed by atoms with Gasteiger partial charge in [0.05, 0.1) is 25.4 Å². The van der Waals surface area contributed by atoms with Gasteiger partial charge in [0.15, 0.2) is 12.4 Å². The summed E-state index contributed by atoms with van der Waals surface area (Å²) in [5.74, 6) is -1.22. The molecular formula is C67H117NO10. The summed E-state index contributed by atoms with van der Waals surface area (Å²) in [6, 6.07) is -1.04. The molecule has 8 unspecified atom stereocenters. The van der Waals surface area contributed by atoms with Crippen molar-refractivity contribution in [1.82, 2.24) is 5.32 Å². The van der Waals surface area contributed by atoms with E-state index in [9.17, 15) is 35.1 Å². The highest BCUT2D eigenvalue weighted by Crippen LogP contribution is 2.26. The number of aliphatic hydroxyl groups excluding tert-OH is 5. The Kier molecular flexibility index (Phi) is 50.8. The van der Waals surface area contributed by atoms with Gasteiger partial charge in [0.25, 0.3) is 0 Å². The maximum absolute atomic E-state index is 13.4. The summed E-state index contributed by atoms with van der Waals surface area (Å²) in [5.41, 5.74) is 0. The maximum Gasteiger partial charge on any atom is 0.306 e. The van der Waals surface area contributed by atoms with Crippen LogP contribution in [-0.4, -0.2) is 99.6 Å². The predicted octanol–water partition coefficient (Wildman–Crippen LogP) is 15.3. The second kappa shape index (κ2) is 54.4. The van der Waals surface area contributed by atoms with E-state index in [1.54, 1.807) is 6.08 Å². The number of nitrogens with one attached hydrogen (secondary N) is 1. The van der Waals surface area contributed by atoms with Crippen molar-refractivity contribution in [3.63, 3.8) is 0 Å². The lowest BCUT2D eigenvalue weighted by Crippen LogP contribution is -2.61. The summed E-state index contributed by atoms with van der Waals surface area (Å²) >= 11 is 0. The van der Waals surface area contributed by atoms with Crippen molar-refractivity contribution in [3.05, 3.63) is 85.1 Å². The summed E-state index contributed by atoms with van der Waals surface area (Å²) in [6.07, 6.45) is 60.4. The molecule has 450 valence electrons. The molecule has 0 bridgehead atoms. The molecule has 0 aromatic rings. The molecule has 11 nitrogen and oxygen atoms in total. The Morgan fingerprint density at radius 3 is 1.38 bits per heavy atom. The molecular weight excluding hydrogens is 979 g/mol. The van der Waals surface area contributed by atoms with Crippen LogP contribution in [0.4, 0.5) is 0 Å². The number of hydrogen-bond donors (Lipinski definition) is 6. The number of carbonyl (C=O) groups is 2. The van der Waals surface area contributed by atoms with E-state index in [1.807, 2.05) is 6.08 Å². The Morgan fingerprint density at radius 1 is 0.513 bits per heavy atom. The van der Waals surface area contributed by atoms with Crippen LogP contribution in [0, 0.1) is 0 Å². The second-order valence-electron chi connectivity index (χ2n) is 21.8. The van der Waals surface area contributed by atoms with Crippen molar-refractivity contribution >= 4 is 11.9 Å². The highest BCUT2D eigenvalue weighted by atomic mass is 16.7. The van der Waals surface area contributed by atoms with Gasteiger partial charge in [-0.1, -0.05) is 266 Å². The first-order valence-electron chi connectivity index (χ1n) is 31.9. The topological polar surface area (TPSA) is 175 Å². The highest BCUT2D eigenvalue weighted by molar-refractivity contribution is 5.80. The van der Waals surface area contributed by atoms with Crippen LogP contribution in [0.2, 0.25) is 0 Å². The SMILES string of the molecule is CC/C=C\C/C=C\C/C=C\C/C=C\C/C=C\C/C=C\CCCCCC(O)C(=O)NC(COC1OC(CO)C(O)C(O)C1OC(=O)CCCCCCCCCCCCCCCC)C(O)/C=C/CCCCCCCCCCCCC. The Hall–Kier alpha value is -3.16. The number of carbonyl (C=O) groups excluding carboxylic acids is 2. The van der Waals surface area contributed by atoms with Gasteiger partial charge >= 0.3 is 5.97 Å². The fraction of sp³-hybridized carbons (Fsp3) is 0.761. The van der Waals surface area contributed by atoms with E-state index in [0.717, 1.165) is 96.3 Å². The quantitative estimate of drug-likeness (QED) is 0.0195. The Bertz CT molecular complexity index is 1590. The number of allylic oxidation sites excluding steroid dienone is 13. The molecule has 0 aliphatic carbocycles. The van der Waals surface area contributed by atoms with Gasteiger partial charge in [-0.3, -0.25) is 9.59 Å². The van der Waals surface area contributed by atoms with Gasteiger partial charge in [0, 0.05) is 6.42 Å². The molecule has 1 amide bonds. The number of aliphatic hydroxyl groups is 5. The molecule has 0 spiro atoms. The van der Waals surface area contributed by atoms with Crippen LogP contribution < -0.4 is 5.32 Å². The molecule has 1 rings (SSSR count). The zero-order valence-corrected chi connectivity index (χ0v) is 49.8. The zero-order chi connectivity index (χ0) is 56.8. The third kappa shape index (κ3) is 41.8. The second-order valence-corrected chi connectivity index (χ2v) is 21.8. The minimum Gasteiger partial charge on any atom is -0.454 e. The molecule has 1 saturated heterocycles. The summed E-state index contributed by atoms with van der Waals surface area (Å²) in [4.78, 5) is 26.6. The zero-order valence-electron chi connectivity index (χ0n) is 49.8. The first kappa shape index (κ1) is 72.9. The van der Waals surface area contributed by atoms with Crippen LogP contribution in [0.1, 0.15) is 265 Å². The van der Waals surface area contributed by atoms with Crippen molar-refractivity contribution in [3.8, 4) is 0 Å². The van der Waals surface area contributed by atoms with Gasteiger partial charge in [-0.2, -0.15) is 0 Å². The Labute approximate surface area is 476 Å². The monoisotopic (exact) mass is 1100 g/mol. The lowest BCUT2D eigenvalue weighted by molar-refractivity contribution is -0.305. The highest BCUT2D eigenvalue weighted by Gasteiger charge is 2.47. The molecule has 11 heteroatoms. The molecule has 1 fully saturated rings. The number of hydrogen-bond acceptors (Lipinski definition) is 10. The normalized spacial score (nSPS) is 19.5. The smallest absolute Gasteiger partial charge is 0.306 e. The van der Waals surface area contributed by atoms with E-state index in [-0.39, 0.29) is 19.4 Å². The van der Waals surface area contributed by atoms with Crippen LogP contribution in [0.25, 0.3) is 0 Å². The molecule has 78 heavy (non-hydrogen) atoms. The summed E-state index contributed by atoms with van der Waals surface area (Å²) in [6.45, 7) is 5.66. The van der Waals surface area contributed by atoms with Crippen LogP contribution in [0.15, 0.2) is 85.1 Å². The van der Waals surface area contributed by atoms with Crippen molar-refractivity contribution in [2.75, 3.05) is 13.2 Å². The maximum atomic E-state index is 13.4. The molecule has 6 N–H and O–H groups in total. The van der Waals surface area contributed by atoms with Crippen molar-refractivity contribution < 1.29 is 49.3 Å². The third-order valence-corrected chi connectivity index (χ3v) is 14.6. The van der Waals surface area contributed by atoms with Crippen molar-refractivity contribution in [2.24, 2.45) is 0 Å². The molecule has 0 radical (unpaired) electrons. The van der Waals surface area contributed by atoms with Crippen LogP contribution in [-0.2, 0) is 23.8 Å². The van der Waals surface area contributed by atoms with E-state index < -0.39 is 67.4 Å². The van der Waals surface area contributed by atoms with Crippen molar-refractivity contribution in [2.45, 2.75) is 314 Å². The molecule has 1 aliphatic heterocycles. The minimum absolute atomic E-state index is 0.120. The molecule has 1 aliphatic rings. The average molecular weight is 1100 g/mol. The number of esters is 1. The largest absolute Gasteiger partial charge is 0.454 e. The predicted molar refractivity (Wildman–Crippen MR) is 324 cm³/mol. The van der Waals surface area contributed by atoms with Gasteiger partial charge in [0.2, 0.25) is 5.91 Å². The third-order valence-electron chi connectivity index (χ3n) is 14.6. The lowest BCUT2D eigenvalue weighted by Gasteiger charge is -2.41. The minimum atomic E-state index is -1.62. The molecule has 8 atom stereocenters. The number of rotatable bonds is 53. The van der Waals surface area contributed by atoms with Crippen LogP contribution >= 0.6 is 0 Å². The fourth-order valence-corrected chi connectivity index (χ4v) is 9.54. The summed E-state index contributed by atoms with van der Waals surface area (Å²) < 4.78 is 17.6. The molecule has 0 aromatic heterocycles. The summed E-state index contributed by atoms with van der Waals surface area (Å²) in [5, 5.41) is 57.0. The Morgan fingerprint density at radius 2 is 0.923 bits per heavy atom. The van der Waals surface area contributed by atoms with Crippen LogP contribution in [0.5, 0.6) is 0 Å². The molecule has 0 aromatic carbocycles. The number of unbranched alkanes of at least 4 members (excludes halogenated alkanes) is 27. The van der Waals surface area contributed by atoms with E-state index in [4.69, 9.17) is 14.2 Å². The van der Waals surface area contributed by atoms with Gasteiger partial charge in [-0.25, -0.2) is 0 Å². The van der Waals surface area contributed by atoms with Gasteiger partial charge in [-0.05, 0) is 77.0 Å². The molecule has 1 heterocycles. The first-order valence-corrected chi connectivity index (χ1v) is 31.9. The van der Waals surface area contributed by atoms with Gasteiger partial charge < -0.3 is 45.1 Å². The average Bonchev–Trinajstić information content (AvgIpc) is 3.45. The van der Waals surface area contributed by atoms with E-state index >= 15 is 0 Å². The lowest BCUT2D eigenvalue weighted by atomic mass is 9.99. The first-order chi connectivity index (χ1) is 38.2. The molecule has 0 saturated carbocycles. The van der Waals surface area contributed by atoms with E-state index in [1.165, 1.54) is 122 Å². The van der Waals surface area contributed by atoms with Crippen molar-refractivity contribution in [1.29, 1.82) is 0 Å². The standard InChI is InChI=1S/C67H117NO10/c1-4-7-10-13-16-19-22-25-27-28-29-30-31-32-33-34-36-39-42-45-48-51-54-60(71)66(75)68-58(59(70)53-50-47-44-41-38-35-24-21-18-15-12-9-6-3)57-76-67-65(64(74)63(73)61(56-69)77-67)78-62(72)55-52-49-46-43-40-37-26-23-20-17-14-11-8-5-2/h7,10,16,19,25,27,29-30,32-33,36,39,50,53,58-61,63-65,67,69-71,73-74H,4-6,8-9,11-15,17-18,20-24,26,28,31,34-35,37-38,40-49,51-52,54-57H2,1-3H3,(H,68,75)/b10-7-,19-16-,27-25-,30-29-,33-32-,39-36-,53-50+. The van der Waals surface area contributed by atoms with Gasteiger partial charge in [-0.15, -0.1) is 0 Å². The van der Waals surface area contributed by atoms with Gasteiger partial charge in [0.1, 0.15) is 24.4 Å². The number of ether oxygens (including phenoxy) is 3. The fourth-order valence-electron chi connectivity index (χ4n) is 9.54.